The second kappa shape index (κ2) is 6.92. The van der Waals surface area contributed by atoms with Gasteiger partial charge < -0.3 is 20.3 Å². The summed E-state index contributed by atoms with van der Waals surface area (Å²) in [6, 6.07) is 0. The molecule has 0 bridgehead atoms. The van der Waals surface area contributed by atoms with Crippen LogP contribution in [0.4, 0.5) is 0 Å². The molecule has 0 aromatic rings. The van der Waals surface area contributed by atoms with Gasteiger partial charge in [-0.2, -0.15) is 0 Å². The van der Waals surface area contributed by atoms with Crippen molar-refractivity contribution in [3.8, 4) is 0 Å². The number of carboxylic acid groups (broad SMARTS) is 2. The van der Waals surface area contributed by atoms with Gasteiger partial charge in [0.2, 0.25) is 0 Å². The Bertz CT molecular complexity index is 87.2. The second-order valence-corrected chi connectivity index (χ2v) is 0.752. The van der Waals surface area contributed by atoms with Gasteiger partial charge in [-0.1, -0.05) is 0 Å². The van der Waals surface area contributed by atoms with Crippen LogP contribution in [0, 0.1) is 0 Å². The molecule has 0 aliphatic heterocycles. The molecule has 0 spiro atoms. The Kier molecular flexibility index (Phi) is 8.33. The monoisotopic (exact) mass is 136 g/mol. The summed E-state index contributed by atoms with van der Waals surface area (Å²) in [5, 5.41) is 29.0. The number of aliphatic carboxylic acids is 2. The molecule has 0 unspecified atom stereocenters. The summed E-state index contributed by atoms with van der Waals surface area (Å²) in [7, 11) is -0.750. The second-order valence-electron chi connectivity index (χ2n) is 0.752. The predicted molar refractivity (Wildman–Crippen MR) is 26.9 cm³/mol. The Morgan fingerprint density at radius 3 is 1.11 bits per heavy atom. The molecule has 0 saturated carbocycles. The fourth-order valence-corrected chi connectivity index (χ4v) is 0. The molecule has 0 aromatic carbocycles. The lowest BCUT2D eigenvalue weighted by Crippen LogP contribution is -2.09. The van der Waals surface area contributed by atoms with Crippen molar-refractivity contribution in [3.05, 3.63) is 0 Å². The highest BCUT2D eigenvalue weighted by Gasteiger charge is 2.04. The standard InChI is InChI=1S/C2H2O4.BH3O2/c3-1(4)2(5)6;2-1-3/h(H,3,4)(H,5,6);1-3H. The highest BCUT2D eigenvalue weighted by atomic mass is 16.4. The maximum atomic E-state index is 9.10. The Balaban J connectivity index is 0. The van der Waals surface area contributed by atoms with Crippen LogP contribution in [0.25, 0.3) is 0 Å². The number of hydrogen-bond acceptors (Lipinski definition) is 4. The van der Waals surface area contributed by atoms with Crippen molar-refractivity contribution in [2.45, 2.75) is 0 Å². The summed E-state index contributed by atoms with van der Waals surface area (Å²) in [5.74, 6) is -3.65. The van der Waals surface area contributed by atoms with Crippen molar-refractivity contribution in [2.24, 2.45) is 0 Å². The summed E-state index contributed by atoms with van der Waals surface area (Å²) < 4.78 is 0. The first-order chi connectivity index (χ1) is 4.06. The van der Waals surface area contributed by atoms with E-state index in [9.17, 15) is 0 Å². The van der Waals surface area contributed by atoms with Gasteiger partial charge in [-0.3, -0.25) is 0 Å². The van der Waals surface area contributed by atoms with E-state index in [1.807, 2.05) is 0 Å². The maximum absolute atomic E-state index is 9.10. The zero-order valence-electron chi connectivity index (χ0n) is 4.31. The summed E-state index contributed by atoms with van der Waals surface area (Å²) in [6.45, 7) is 0. The minimum absolute atomic E-state index is 0.750. The zero-order valence-corrected chi connectivity index (χ0v) is 4.31. The normalized spacial score (nSPS) is 6.44. The first-order valence-electron chi connectivity index (χ1n) is 1.74. The SMILES string of the molecule is O=C(O)C(=O)O.OBO. The molecule has 0 fully saturated rings. The average Bonchev–Trinajstić information content (AvgIpc) is 1.68. The van der Waals surface area contributed by atoms with Crippen LogP contribution >= 0.6 is 0 Å². The van der Waals surface area contributed by atoms with Gasteiger partial charge >= 0.3 is 19.6 Å². The maximum Gasteiger partial charge on any atom is 0.432 e. The topological polar surface area (TPSA) is 115 Å². The van der Waals surface area contributed by atoms with Crippen LogP contribution in [0.2, 0.25) is 0 Å². The number of carbonyl (C=O) groups is 2. The van der Waals surface area contributed by atoms with E-state index < -0.39 is 19.6 Å². The lowest BCUT2D eigenvalue weighted by molar-refractivity contribution is -0.159. The van der Waals surface area contributed by atoms with E-state index in [0.29, 0.717) is 0 Å². The molecule has 4 N–H and O–H groups in total. The van der Waals surface area contributed by atoms with Crippen LogP contribution in [0.15, 0.2) is 0 Å². The summed E-state index contributed by atoms with van der Waals surface area (Å²) in [5.41, 5.74) is 0. The van der Waals surface area contributed by atoms with Crippen LogP contribution in [0.1, 0.15) is 0 Å². The molecule has 6 nitrogen and oxygen atoms in total. The molecular formula is C2H5BO6. The van der Waals surface area contributed by atoms with Crippen molar-refractivity contribution in [1.82, 2.24) is 0 Å². The Morgan fingerprint density at radius 2 is 1.11 bits per heavy atom. The van der Waals surface area contributed by atoms with E-state index in [-0.39, 0.29) is 0 Å². The van der Waals surface area contributed by atoms with Crippen molar-refractivity contribution in [1.29, 1.82) is 0 Å². The quantitative estimate of drug-likeness (QED) is 0.214. The summed E-state index contributed by atoms with van der Waals surface area (Å²) in [6.07, 6.45) is 0. The molecule has 7 heteroatoms. The van der Waals surface area contributed by atoms with E-state index in [4.69, 9.17) is 29.9 Å². The lowest BCUT2D eigenvalue weighted by Gasteiger charge is -1.72. The molecule has 0 rings (SSSR count). The minimum Gasteiger partial charge on any atom is -0.473 e. The van der Waals surface area contributed by atoms with Crippen LogP contribution in [0.3, 0.4) is 0 Å². The third-order valence-corrected chi connectivity index (χ3v) is 0.183. The minimum atomic E-state index is -1.82. The number of hydrogen-bond donors (Lipinski definition) is 4. The van der Waals surface area contributed by atoms with Crippen LogP contribution in [-0.4, -0.2) is 39.9 Å². The van der Waals surface area contributed by atoms with Crippen molar-refractivity contribution < 1.29 is 29.9 Å². The van der Waals surface area contributed by atoms with Gasteiger partial charge in [0, 0.05) is 0 Å². The smallest absolute Gasteiger partial charge is 0.432 e. The summed E-state index contributed by atoms with van der Waals surface area (Å²) >= 11 is 0. The van der Waals surface area contributed by atoms with E-state index in [1.165, 1.54) is 0 Å². The fourth-order valence-electron chi connectivity index (χ4n) is 0. The molecule has 9 heavy (non-hydrogen) atoms. The van der Waals surface area contributed by atoms with Crippen molar-refractivity contribution >= 4 is 19.6 Å². The molecule has 0 amide bonds. The van der Waals surface area contributed by atoms with Gasteiger partial charge in [-0.15, -0.1) is 0 Å². The Labute approximate surface area is 50.7 Å². The molecule has 0 saturated heterocycles. The first kappa shape index (κ1) is 10.8. The van der Waals surface area contributed by atoms with Gasteiger partial charge in [0.05, 0.1) is 0 Å². The van der Waals surface area contributed by atoms with Crippen LogP contribution in [0.5, 0.6) is 0 Å². The third-order valence-electron chi connectivity index (χ3n) is 0.183. The number of carboxylic acids is 2. The highest BCUT2D eigenvalue weighted by molar-refractivity contribution is 6.27. The third kappa shape index (κ3) is 19.6. The highest BCUT2D eigenvalue weighted by Crippen LogP contribution is 1.56. The molecule has 0 aliphatic rings. The predicted octanol–water partition coefficient (Wildman–Crippen LogP) is -2.61. The van der Waals surface area contributed by atoms with E-state index in [1.54, 1.807) is 0 Å². The average molecular weight is 136 g/mol. The van der Waals surface area contributed by atoms with Crippen LogP contribution in [-0.2, 0) is 9.59 Å². The van der Waals surface area contributed by atoms with Gasteiger partial charge in [-0.05, 0) is 0 Å². The first-order valence-corrected chi connectivity index (χ1v) is 1.74. The Morgan fingerprint density at radius 1 is 1.00 bits per heavy atom. The van der Waals surface area contributed by atoms with Gasteiger partial charge in [-0.25, -0.2) is 9.59 Å². The molecule has 0 aliphatic carbocycles. The van der Waals surface area contributed by atoms with Gasteiger partial charge in [0.25, 0.3) is 0 Å². The molecule has 52 valence electrons. The molecule has 0 heterocycles. The fraction of sp³-hybridized carbons (Fsp3) is 0. The molecule has 0 atom stereocenters. The lowest BCUT2D eigenvalue weighted by atomic mass is 10.5. The number of rotatable bonds is 0. The Hall–Kier alpha value is -1.08. The largest absolute Gasteiger partial charge is 0.473 e. The van der Waals surface area contributed by atoms with E-state index in [2.05, 4.69) is 0 Å². The molecule has 0 aromatic heterocycles. The van der Waals surface area contributed by atoms with Crippen molar-refractivity contribution in [3.63, 3.8) is 0 Å². The molecule has 0 radical (unpaired) electrons. The molecular weight excluding hydrogens is 131 g/mol. The van der Waals surface area contributed by atoms with Gasteiger partial charge in [0.15, 0.2) is 0 Å². The van der Waals surface area contributed by atoms with E-state index >= 15 is 0 Å². The zero-order chi connectivity index (χ0) is 7.86. The van der Waals surface area contributed by atoms with E-state index in [0.717, 1.165) is 0 Å². The van der Waals surface area contributed by atoms with Crippen molar-refractivity contribution in [2.75, 3.05) is 0 Å². The summed E-state index contributed by atoms with van der Waals surface area (Å²) in [4.78, 5) is 18.2. The van der Waals surface area contributed by atoms with Crippen LogP contribution < -0.4 is 0 Å². The van der Waals surface area contributed by atoms with Gasteiger partial charge in [0.1, 0.15) is 0 Å².